The molecular formula is C56H57BCl2N10O4S2. The standard InChI is InChI=1S/C28H26ClN5OS.C27H27BClN5O3S.CH4/c1-16-5-7-20(8-6-16)14-30-15-23(35)13-24-27-33-32-19(4)34(27)28-25(17(2)18(3)36-28)26(31-24)21-9-11-22(29)12-10-21;1-15-16(2)38-27-24(15)25(19-6-10-21(29)11-7-19)31-22(26-33-32-17(3)34(26)27)14-23(35)30-13-12-18-4-8-20(9-5-18)28(36)37;/h5-12,14,24H,13,15H2,1-4H3;4-11,22,36-37H,12-14H2,1-3H3,(H,30,35);1H4/t24-;22-;/m00./s1. The summed E-state index contributed by atoms with van der Waals surface area (Å²) >= 11 is 15.7. The van der Waals surface area contributed by atoms with E-state index in [1.807, 2.05) is 110 Å². The van der Waals surface area contributed by atoms with Gasteiger partial charge in [0, 0.05) is 61.2 Å². The van der Waals surface area contributed by atoms with Crippen LogP contribution in [-0.2, 0) is 16.0 Å². The second-order valence-electron chi connectivity index (χ2n) is 18.4. The fourth-order valence-electron chi connectivity index (χ4n) is 8.90. The molecule has 0 fully saturated rings. The van der Waals surface area contributed by atoms with Crippen LogP contribution in [0.3, 0.4) is 0 Å². The van der Waals surface area contributed by atoms with Crippen LogP contribution in [0.15, 0.2) is 112 Å². The van der Waals surface area contributed by atoms with Crippen LogP contribution < -0.4 is 10.8 Å². The molecule has 384 valence electrons. The summed E-state index contributed by atoms with van der Waals surface area (Å²) in [7, 11) is -1.50. The Morgan fingerprint density at radius 3 is 1.63 bits per heavy atom. The van der Waals surface area contributed by atoms with E-state index in [9.17, 15) is 19.6 Å². The number of carbonyl (C=O) groups is 2. The minimum atomic E-state index is -1.50. The Hall–Kier alpha value is -6.73. The molecular weight excluding hydrogens is 1020 g/mol. The fraction of sp³-hybridized carbons (Fsp3) is 0.268. The molecule has 1 amide bonds. The molecule has 0 bridgehead atoms. The molecule has 75 heavy (non-hydrogen) atoms. The largest absolute Gasteiger partial charge is 0.488 e. The van der Waals surface area contributed by atoms with Gasteiger partial charge in [0.15, 0.2) is 17.4 Å². The first-order valence-electron chi connectivity index (χ1n) is 24.1. The molecule has 0 radical (unpaired) electrons. The van der Waals surface area contributed by atoms with Crippen molar-refractivity contribution in [3.05, 3.63) is 190 Å². The SMILES string of the molecule is C.Cc1ccc(C=NCC(=O)C[C@@H]2N=C(c3ccc(Cl)cc3)c3c(sc(C)c3C)-n3c(C)nnc32)cc1.Cc1sc2c(c1C)C(c1ccc(Cl)cc1)=N[C@@H](CC(=O)NCCc1ccc(B(O)O)cc1)c1nnc(C)n1-2. The van der Waals surface area contributed by atoms with Crippen LogP contribution in [0.1, 0.15) is 115 Å². The normalized spacial score (nSPS) is 14.4. The van der Waals surface area contributed by atoms with Gasteiger partial charge in [-0.1, -0.05) is 109 Å². The summed E-state index contributed by atoms with van der Waals surface area (Å²) in [5, 5.41) is 42.5. The number of thiophene rings is 2. The van der Waals surface area contributed by atoms with Crippen molar-refractivity contribution in [1.29, 1.82) is 0 Å². The van der Waals surface area contributed by atoms with Gasteiger partial charge in [0.05, 0.1) is 24.4 Å². The third-order valence-corrected chi connectivity index (χ3v) is 16.0. The van der Waals surface area contributed by atoms with E-state index in [1.165, 1.54) is 15.3 Å². The number of hydrogen-bond donors (Lipinski definition) is 3. The van der Waals surface area contributed by atoms with Crippen molar-refractivity contribution in [1.82, 2.24) is 34.8 Å². The number of halogens is 2. The highest BCUT2D eigenvalue weighted by Crippen LogP contribution is 2.41. The smallest absolute Gasteiger partial charge is 0.423 e. The maximum Gasteiger partial charge on any atom is 0.488 e. The van der Waals surface area contributed by atoms with E-state index in [2.05, 4.69) is 63.0 Å². The van der Waals surface area contributed by atoms with Gasteiger partial charge in [0.25, 0.3) is 0 Å². The maximum atomic E-state index is 13.1. The predicted octanol–water partition coefficient (Wildman–Crippen LogP) is 10.1. The summed E-state index contributed by atoms with van der Waals surface area (Å²) in [6, 6.07) is 29.3. The molecule has 14 nitrogen and oxygen atoms in total. The first kappa shape index (κ1) is 54.5. The number of aromatic nitrogens is 6. The zero-order chi connectivity index (χ0) is 52.4. The maximum absolute atomic E-state index is 13.1. The Morgan fingerprint density at radius 2 is 1.15 bits per heavy atom. The lowest BCUT2D eigenvalue weighted by Gasteiger charge is -2.13. The number of rotatable bonds is 13. The van der Waals surface area contributed by atoms with Crippen molar-refractivity contribution in [2.45, 2.75) is 87.2 Å². The molecule has 10 rings (SSSR count). The number of amides is 1. The predicted molar refractivity (Wildman–Crippen MR) is 304 cm³/mol. The minimum Gasteiger partial charge on any atom is -0.423 e. The highest BCUT2D eigenvalue weighted by atomic mass is 35.5. The topological polar surface area (TPSA) is 185 Å². The number of carbonyl (C=O) groups excluding carboxylic acids is 2. The number of aryl methyl sites for hydroxylation is 5. The quantitative estimate of drug-likeness (QED) is 0.0752. The van der Waals surface area contributed by atoms with E-state index in [-0.39, 0.29) is 38.5 Å². The van der Waals surface area contributed by atoms with Crippen molar-refractivity contribution in [3.63, 3.8) is 0 Å². The van der Waals surface area contributed by atoms with Gasteiger partial charge < -0.3 is 15.4 Å². The van der Waals surface area contributed by atoms with E-state index in [0.717, 1.165) is 77.6 Å². The molecule has 2 aliphatic heterocycles. The van der Waals surface area contributed by atoms with Gasteiger partial charge in [-0.25, -0.2) is 0 Å². The molecule has 0 aliphatic carbocycles. The molecule has 2 atom stereocenters. The van der Waals surface area contributed by atoms with Crippen LogP contribution in [0.5, 0.6) is 0 Å². The number of nitrogens with one attached hydrogen (secondary N) is 1. The number of nitrogens with zero attached hydrogens (tertiary/aromatic N) is 9. The van der Waals surface area contributed by atoms with Gasteiger partial charge >= 0.3 is 7.12 Å². The summed E-state index contributed by atoms with van der Waals surface area (Å²) in [6.07, 6.45) is 2.66. The lowest BCUT2D eigenvalue weighted by Crippen LogP contribution is -2.30. The Bertz CT molecular complexity index is 3470. The van der Waals surface area contributed by atoms with E-state index in [0.29, 0.717) is 40.1 Å². The lowest BCUT2D eigenvalue weighted by molar-refractivity contribution is -0.121. The number of Topliss-reactive ketones (excluding diaryl/α,β-unsaturated/α-hetero) is 1. The van der Waals surface area contributed by atoms with Crippen molar-refractivity contribution in [2.75, 3.05) is 13.1 Å². The molecule has 19 heteroatoms. The number of benzene rings is 4. The van der Waals surface area contributed by atoms with Gasteiger partial charge in [-0.05, 0) is 107 Å². The Morgan fingerprint density at radius 1 is 0.667 bits per heavy atom. The van der Waals surface area contributed by atoms with Crippen LogP contribution in [-0.4, -0.2) is 89.1 Å². The van der Waals surface area contributed by atoms with Gasteiger partial charge in [0.2, 0.25) is 5.91 Å². The van der Waals surface area contributed by atoms with Gasteiger partial charge in [-0.3, -0.25) is 33.7 Å². The van der Waals surface area contributed by atoms with Crippen LogP contribution in [0, 0.1) is 48.5 Å². The van der Waals surface area contributed by atoms with E-state index in [1.54, 1.807) is 41.0 Å². The molecule has 6 heterocycles. The summed E-state index contributed by atoms with van der Waals surface area (Å²) in [4.78, 5) is 43.2. The van der Waals surface area contributed by atoms with E-state index < -0.39 is 19.2 Å². The lowest BCUT2D eigenvalue weighted by atomic mass is 9.80. The van der Waals surface area contributed by atoms with Crippen molar-refractivity contribution < 1.29 is 19.6 Å². The average molecular weight is 1080 g/mol. The summed E-state index contributed by atoms with van der Waals surface area (Å²) in [6.45, 7) is 14.8. The highest BCUT2D eigenvalue weighted by Gasteiger charge is 2.34. The molecule has 0 saturated heterocycles. The number of ketones is 1. The molecule has 0 saturated carbocycles. The Kier molecular flexibility index (Phi) is 17.0. The molecule has 3 N–H and O–H groups in total. The zero-order valence-corrected chi connectivity index (χ0v) is 45.0. The molecule has 2 aliphatic rings. The van der Waals surface area contributed by atoms with Gasteiger partial charge in [-0.2, -0.15) is 0 Å². The van der Waals surface area contributed by atoms with E-state index >= 15 is 0 Å². The van der Waals surface area contributed by atoms with Crippen molar-refractivity contribution in [2.24, 2.45) is 15.0 Å². The number of hydrogen-bond acceptors (Lipinski definition) is 13. The fourth-order valence-corrected chi connectivity index (χ4v) is 11.6. The first-order valence-corrected chi connectivity index (χ1v) is 26.5. The molecule has 0 unspecified atom stereocenters. The number of fused-ring (bicyclic) bond motifs is 6. The Balaban J connectivity index is 0.000000197. The summed E-state index contributed by atoms with van der Waals surface area (Å²) in [5.74, 6) is 2.69. The van der Waals surface area contributed by atoms with Crippen molar-refractivity contribution in [3.8, 4) is 10.0 Å². The average Bonchev–Trinajstić information content (AvgIpc) is 4.08. The third-order valence-electron chi connectivity index (χ3n) is 13.1. The second-order valence-corrected chi connectivity index (χ2v) is 21.6. The van der Waals surface area contributed by atoms with Gasteiger partial charge in [-0.15, -0.1) is 43.1 Å². The number of aliphatic imine (C=N–C) groups is 3. The van der Waals surface area contributed by atoms with Crippen molar-refractivity contribution >= 4 is 87.8 Å². The molecule has 4 aromatic heterocycles. The molecule has 8 aromatic rings. The zero-order valence-electron chi connectivity index (χ0n) is 41.9. The molecule has 4 aromatic carbocycles. The Labute approximate surface area is 455 Å². The second kappa shape index (κ2) is 23.4. The van der Waals surface area contributed by atoms with E-state index in [4.69, 9.17) is 33.2 Å². The first-order chi connectivity index (χ1) is 35.5. The molecule has 0 spiro atoms. The van der Waals surface area contributed by atoms with Crippen LogP contribution in [0.2, 0.25) is 10.0 Å². The van der Waals surface area contributed by atoms with Crippen LogP contribution in [0.25, 0.3) is 10.0 Å². The van der Waals surface area contributed by atoms with Crippen LogP contribution >= 0.6 is 45.9 Å². The summed E-state index contributed by atoms with van der Waals surface area (Å²) in [5.41, 5.74) is 11.5. The monoisotopic (exact) mass is 1080 g/mol. The summed E-state index contributed by atoms with van der Waals surface area (Å²) < 4.78 is 4.08. The third kappa shape index (κ3) is 11.9. The van der Waals surface area contributed by atoms with Crippen LogP contribution in [0.4, 0.5) is 0 Å². The minimum absolute atomic E-state index is 0. The van der Waals surface area contributed by atoms with Gasteiger partial charge in [0.1, 0.15) is 33.7 Å². The highest BCUT2D eigenvalue weighted by molar-refractivity contribution is 7.15.